The second-order valence-electron chi connectivity index (χ2n) is 5.19. The van der Waals surface area contributed by atoms with Crippen molar-refractivity contribution >= 4 is 5.82 Å². The van der Waals surface area contributed by atoms with Crippen molar-refractivity contribution < 1.29 is 4.74 Å². The standard InChI is InChI=1S/C14H23N3O/c1-10(2)18-13-7-4-8-16-14(13)17-12-6-3-5-11(12)9-15/h4,7-8,10-12H,3,5-6,9,15H2,1-2H3,(H,16,17). The van der Waals surface area contributed by atoms with E-state index < -0.39 is 0 Å². The monoisotopic (exact) mass is 249 g/mol. The van der Waals surface area contributed by atoms with E-state index >= 15 is 0 Å². The summed E-state index contributed by atoms with van der Waals surface area (Å²) < 4.78 is 5.77. The average Bonchev–Trinajstić information content (AvgIpc) is 2.78. The number of hydrogen-bond acceptors (Lipinski definition) is 4. The molecule has 18 heavy (non-hydrogen) atoms. The van der Waals surface area contributed by atoms with Gasteiger partial charge in [0.05, 0.1) is 6.10 Å². The summed E-state index contributed by atoms with van der Waals surface area (Å²) in [6.45, 7) is 4.79. The molecule has 100 valence electrons. The van der Waals surface area contributed by atoms with E-state index in [1.807, 2.05) is 26.0 Å². The highest BCUT2D eigenvalue weighted by atomic mass is 16.5. The molecule has 1 aliphatic carbocycles. The molecule has 0 aromatic carbocycles. The molecule has 1 aromatic rings. The summed E-state index contributed by atoms with van der Waals surface area (Å²) >= 11 is 0. The van der Waals surface area contributed by atoms with Crippen LogP contribution in [0.25, 0.3) is 0 Å². The van der Waals surface area contributed by atoms with Crippen LogP contribution in [0.15, 0.2) is 18.3 Å². The minimum Gasteiger partial charge on any atom is -0.487 e. The SMILES string of the molecule is CC(C)Oc1cccnc1NC1CCCC1CN. The molecule has 1 saturated carbocycles. The molecule has 1 aliphatic rings. The van der Waals surface area contributed by atoms with Gasteiger partial charge in [-0.15, -0.1) is 0 Å². The predicted molar refractivity (Wildman–Crippen MR) is 73.8 cm³/mol. The van der Waals surface area contributed by atoms with E-state index in [-0.39, 0.29) is 6.10 Å². The van der Waals surface area contributed by atoms with Gasteiger partial charge in [-0.2, -0.15) is 0 Å². The van der Waals surface area contributed by atoms with Gasteiger partial charge in [0, 0.05) is 12.2 Å². The molecule has 2 atom stereocenters. The van der Waals surface area contributed by atoms with Crippen molar-refractivity contribution in [3.8, 4) is 5.75 Å². The maximum Gasteiger partial charge on any atom is 0.168 e. The number of pyridine rings is 1. The van der Waals surface area contributed by atoms with Crippen LogP contribution in [0.2, 0.25) is 0 Å². The molecule has 1 aromatic heterocycles. The normalized spacial score (nSPS) is 23.3. The number of anilines is 1. The van der Waals surface area contributed by atoms with Crippen LogP contribution in [-0.4, -0.2) is 23.7 Å². The fourth-order valence-corrected chi connectivity index (χ4v) is 2.53. The highest BCUT2D eigenvalue weighted by Crippen LogP contribution is 2.30. The lowest BCUT2D eigenvalue weighted by atomic mass is 10.0. The van der Waals surface area contributed by atoms with Crippen LogP contribution < -0.4 is 15.8 Å². The topological polar surface area (TPSA) is 60.2 Å². The lowest BCUT2D eigenvalue weighted by Gasteiger charge is -2.22. The van der Waals surface area contributed by atoms with Gasteiger partial charge in [0.15, 0.2) is 11.6 Å². The molecule has 2 rings (SSSR count). The van der Waals surface area contributed by atoms with Crippen LogP contribution in [0.5, 0.6) is 5.75 Å². The number of nitrogens with zero attached hydrogens (tertiary/aromatic N) is 1. The molecule has 1 heterocycles. The van der Waals surface area contributed by atoms with E-state index in [1.54, 1.807) is 6.20 Å². The van der Waals surface area contributed by atoms with E-state index in [0.29, 0.717) is 12.0 Å². The molecule has 3 N–H and O–H groups in total. The Morgan fingerprint density at radius 1 is 1.50 bits per heavy atom. The number of rotatable bonds is 5. The first-order valence-electron chi connectivity index (χ1n) is 6.79. The van der Waals surface area contributed by atoms with Gasteiger partial charge in [-0.05, 0) is 51.3 Å². The smallest absolute Gasteiger partial charge is 0.168 e. The van der Waals surface area contributed by atoms with E-state index in [4.69, 9.17) is 10.5 Å². The number of nitrogens with two attached hydrogens (primary N) is 1. The summed E-state index contributed by atoms with van der Waals surface area (Å²) in [4.78, 5) is 4.39. The molecule has 0 amide bonds. The summed E-state index contributed by atoms with van der Waals surface area (Å²) in [5.41, 5.74) is 5.80. The minimum atomic E-state index is 0.156. The first-order chi connectivity index (χ1) is 8.70. The number of aromatic nitrogens is 1. The van der Waals surface area contributed by atoms with Gasteiger partial charge in [0.2, 0.25) is 0 Å². The number of hydrogen-bond donors (Lipinski definition) is 2. The van der Waals surface area contributed by atoms with Crippen LogP contribution in [0.4, 0.5) is 5.82 Å². The lowest BCUT2D eigenvalue weighted by molar-refractivity contribution is 0.242. The van der Waals surface area contributed by atoms with Crippen LogP contribution in [-0.2, 0) is 0 Å². The Hall–Kier alpha value is -1.29. The summed E-state index contributed by atoms with van der Waals surface area (Å²) in [6, 6.07) is 4.29. The predicted octanol–water partition coefficient (Wildman–Crippen LogP) is 2.41. The number of nitrogens with one attached hydrogen (secondary N) is 1. The summed E-state index contributed by atoms with van der Waals surface area (Å²) in [6.07, 6.45) is 5.57. The molecular weight excluding hydrogens is 226 g/mol. The summed E-state index contributed by atoms with van der Waals surface area (Å²) in [7, 11) is 0. The highest BCUT2D eigenvalue weighted by molar-refractivity contribution is 5.50. The van der Waals surface area contributed by atoms with E-state index in [2.05, 4.69) is 10.3 Å². The largest absolute Gasteiger partial charge is 0.487 e. The van der Waals surface area contributed by atoms with E-state index in [0.717, 1.165) is 18.1 Å². The molecule has 1 fully saturated rings. The van der Waals surface area contributed by atoms with Crippen LogP contribution >= 0.6 is 0 Å². The van der Waals surface area contributed by atoms with Crippen molar-refractivity contribution in [2.24, 2.45) is 11.7 Å². The lowest BCUT2D eigenvalue weighted by Crippen LogP contribution is -2.30. The number of ether oxygens (including phenoxy) is 1. The fraction of sp³-hybridized carbons (Fsp3) is 0.643. The molecular formula is C14H23N3O. The van der Waals surface area contributed by atoms with Crippen molar-refractivity contribution in [2.75, 3.05) is 11.9 Å². The molecule has 0 radical (unpaired) electrons. The third-order valence-corrected chi connectivity index (χ3v) is 3.42. The first-order valence-corrected chi connectivity index (χ1v) is 6.79. The molecule has 0 saturated heterocycles. The Bertz CT molecular complexity index is 381. The van der Waals surface area contributed by atoms with Gasteiger partial charge < -0.3 is 15.8 Å². The summed E-state index contributed by atoms with van der Waals surface area (Å²) in [5.74, 6) is 2.23. The maximum atomic E-state index is 5.80. The Balaban J connectivity index is 2.08. The fourth-order valence-electron chi connectivity index (χ4n) is 2.53. The van der Waals surface area contributed by atoms with Crippen LogP contribution in [0, 0.1) is 5.92 Å². The Kier molecular flexibility index (Phi) is 4.42. The zero-order chi connectivity index (χ0) is 13.0. The van der Waals surface area contributed by atoms with Gasteiger partial charge in [-0.25, -0.2) is 4.98 Å². The van der Waals surface area contributed by atoms with Crippen LogP contribution in [0.3, 0.4) is 0 Å². The Labute approximate surface area is 109 Å². The average molecular weight is 249 g/mol. The van der Waals surface area contributed by atoms with E-state index in [1.165, 1.54) is 19.3 Å². The third-order valence-electron chi connectivity index (χ3n) is 3.42. The quantitative estimate of drug-likeness (QED) is 0.841. The first kappa shape index (κ1) is 13.1. The van der Waals surface area contributed by atoms with Gasteiger partial charge in [0.25, 0.3) is 0 Å². The van der Waals surface area contributed by atoms with Crippen LogP contribution in [0.1, 0.15) is 33.1 Å². The zero-order valence-corrected chi connectivity index (χ0v) is 11.2. The second kappa shape index (κ2) is 6.05. The molecule has 4 heteroatoms. The minimum absolute atomic E-state index is 0.156. The Morgan fingerprint density at radius 3 is 3.06 bits per heavy atom. The van der Waals surface area contributed by atoms with Gasteiger partial charge in [-0.1, -0.05) is 6.42 Å². The van der Waals surface area contributed by atoms with E-state index in [9.17, 15) is 0 Å². The highest BCUT2D eigenvalue weighted by Gasteiger charge is 2.26. The molecule has 2 unspecified atom stereocenters. The molecule has 0 aliphatic heterocycles. The van der Waals surface area contributed by atoms with Gasteiger partial charge >= 0.3 is 0 Å². The zero-order valence-electron chi connectivity index (χ0n) is 11.2. The van der Waals surface area contributed by atoms with Gasteiger partial charge in [0.1, 0.15) is 0 Å². The molecule has 0 bridgehead atoms. The molecule has 4 nitrogen and oxygen atoms in total. The summed E-state index contributed by atoms with van der Waals surface area (Å²) in [5, 5.41) is 3.50. The second-order valence-corrected chi connectivity index (χ2v) is 5.19. The molecule has 0 spiro atoms. The van der Waals surface area contributed by atoms with Gasteiger partial charge in [-0.3, -0.25) is 0 Å². The van der Waals surface area contributed by atoms with Crippen molar-refractivity contribution in [1.82, 2.24) is 4.98 Å². The van der Waals surface area contributed by atoms with Crippen molar-refractivity contribution in [3.63, 3.8) is 0 Å². The van der Waals surface area contributed by atoms with Crippen molar-refractivity contribution in [2.45, 2.75) is 45.3 Å². The third kappa shape index (κ3) is 3.13. The Morgan fingerprint density at radius 2 is 2.33 bits per heavy atom. The van der Waals surface area contributed by atoms with Crippen molar-refractivity contribution in [3.05, 3.63) is 18.3 Å². The maximum absolute atomic E-state index is 5.80. The van der Waals surface area contributed by atoms with Crippen molar-refractivity contribution in [1.29, 1.82) is 0 Å².